The van der Waals surface area contributed by atoms with Gasteiger partial charge in [0, 0.05) is 29.6 Å². The van der Waals surface area contributed by atoms with E-state index in [4.69, 9.17) is 4.74 Å². The van der Waals surface area contributed by atoms with Crippen molar-refractivity contribution in [3.63, 3.8) is 0 Å². The summed E-state index contributed by atoms with van der Waals surface area (Å²) in [4.78, 5) is 21.2. The van der Waals surface area contributed by atoms with Gasteiger partial charge in [-0.1, -0.05) is 30.3 Å². The van der Waals surface area contributed by atoms with E-state index in [1.54, 1.807) is 49.7 Å². The van der Waals surface area contributed by atoms with E-state index in [0.29, 0.717) is 35.0 Å². The molecule has 6 nitrogen and oxygen atoms in total. The lowest BCUT2D eigenvalue weighted by Gasteiger charge is -2.10. The van der Waals surface area contributed by atoms with Crippen molar-refractivity contribution in [1.29, 1.82) is 0 Å². The van der Waals surface area contributed by atoms with Crippen LogP contribution in [-0.4, -0.2) is 23.0 Å². The van der Waals surface area contributed by atoms with Crippen molar-refractivity contribution in [1.82, 2.24) is 15.3 Å². The molecule has 32 heavy (non-hydrogen) atoms. The second kappa shape index (κ2) is 9.70. The van der Waals surface area contributed by atoms with Gasteiger partial charge in [0.1, 0.15) is 17.4 Å². The lowest BCUT2D eigenvalue weighted by molar-refractivity contribution is 0.0951. The van der Waals surface area contributed by atoms with Crippen LogP contribution in [0.1, 0.15) is 15.9 Å². The summed E-state index contributed by atoms with van der Waals surface area (Å²) in [5.74, 6) is 1.17. The molecule has 1 amide bonds. The number of nitrogens with one attached hydrogen (secondary N) is 2. The van der Waals surface area contributed by atoms with Gasteiger partial charge in [0.15, 0.2) is 5.82 Å². The molecule has 0 aliphatic carbocycles. The van der Waals surface area contributed by atoms with E-state index in [2.05, 4.69) is 20.6 Å². The van der Waals surface area contributed by atoms with Crippen LogP contribution in [0, 0.1) is 5.82 Å². The van der Waals surface area contributed by atoms with E-state index in [1.807, 2.05) is 30.3 Å². The summed E-state index contributed by atoms with van der Waals surface area (Å²) in [5.41, 5.74) is 2.77. The van der Waals surface area contributed by atoms with Crippen LogP contribution in [-0.2, 0) is 6.54 Å². The predicted octanol–water partition coefficient (Wildman–Crippen LogP) is 4.96. The highest BCUT2D eigenvalue weighted by Crippen LogP contribution is 2.20. The molecule has 1 aromatic heterocycles. The van der Waals surface area contributed by atoms with Gasteiger partial charge in [-0.2, -0.15) is 0 Å². The van der Waals surface area contributed by atoms with E-state index >= 15 is 0 Å². The molecule has 7 heteroatoms. The van der Waals surface area contributed by atoms with Crippen molar-refractivity contribution in [2.75, 3.05) is 12.4 Å². The predicted molar refractivity (Wildman–Crippen MR) is 121 cm³/mol. The Bertz CT molecular complexity index is 1230. The fourth-order valence-electron chi connectivity index (χ4n) is 3.11. The van der Waals surface area contributed by atoms with Gasteiger partial charge >= 0.3 is 0 Å². The monoisotopic (exact) mass is 428 g/mol. The Kier molecular flexibility index (Phi) is 6.36. The summed E-state index contributed by atoms with van der Waals surface area (Å²) in [6.45, 7) is 0.406. The molecule has 160 valence electrons. The largest absolute Gasteiger partial charge is 0.497 e. The van der Waals surface area contributed by atoms with E-state index < -0.39 is 0 Å². The van der Waals surface area contributed by atoms with Crippen molar-refractivity contribution >= 4 is 17.4 Å². The van der Waals surface area contributed by atoms with E-state index in [9.17, 15) is 9.18 Å². The maximum Gasteiger partial charge on any atom is 0.251 e. The fourth-order valence-corrected chi connectivity index (χ4v) is 3.11. The maximum absolute atomic E-state index is 13.5. The number of carbonyl (C=O) groups is 1. The fraction of sp³-hybridized carbons (Fsp3) is 0.0800. The van der Waals surface area contributed by atoms with E-state index in [-0.39, 0.29) is 11.7 Å². The van der Waals surface area contributed by atoms with Crippen molar-refractivity contribution < 1.29 is 13.9 Å². The molecular weight excluding hydrogens is 407 g/mol. The minimum Gasteiger partial charge on any atom is -0.497 e. The molecule has 4 aromatic rings. The summed E-state index contributed by atoms with van der Waals surface area (Å²) in [6, 6.07) is 22.5. The quantitative estimate of drug-likeness (QED) is 0.435. The second-order valence-electron chi connectivity index (χ2n) is 7.01. The van der Waals surface area contributed by atoms with Crippen molar-refractivity contribution in [3.8, 4) is 17.1 Å². The average Bonchev–Trinajstić information content (AvgIpc) is 2.83. The molecule has 0 aliphatic rings. The number of halogens is 1. The van der Waals surface area contributed by atoms with Gasteiger partial charge in [0.25, 0.3) is 5.91 Å². The Morgan fingerprint density at radius 1 is 1.00 bits per heavy atom. The Hall–Kier alpha value is -4.26. The molecule has 0 spiro atoms. The van der Waals surface area contributed by atoms with Gasteiger partial charge in [-0.25, -0.2) is 14.4 Å². The molecule has 0 radical (unpaired) electrons. The van der Waals surface area contributed by atoms with Gasteiger partial charge in [0.2, 0.25) is 0 Å². The normalized spacial score (nSPS) is 10.4. The molecule has 0 aliphatic heterocycles. The number of anilines is 2. The highest BCUT2D eigenvalue weighted by Gasteiger charge is 2.08. The minimum atomic E-state index is -0.349. The number of carbonyl (C=O) groups excluding carboxylic acids is 1. The Morgan fingerprint density at radius 3 is 2.59 bits per heavy atom. The Labute approximate surface area is 185 Å². The van der Waals surface area contributed by atoms with Crippen LogP contribution in [0.2, 0.25) is 0 Å². The zero-order valence-electron chi connectivity index (χ0n) is 17.4. The van der Waals surface area contributed by atoms with Crippen LogP contribution in [0.25, 0.3) is 11.4 Å². The molecule has 3 aromatic carbocycles. The Morgan fingerprint density at radius 2 is 1.81 bits per heavy atom. The lowest BCUT2D eigenvalue weighted by Crippen LogP contribution is -2.22. The van der Waals surface area contributed by atoms with Gasteiger partial charge in [-0.05, 0) is 54.1 Å². The third-order valence-electron chi connectivity index (χ3n) is 4.75. The average molecular weight is 428 g/mol. The molecule has 1 heterocycles. The summed E-state index contributed by atoms with van der Waals surface area (Å²) in [6.07, 6.45) is 1.60. The molecule has 0 bridgehead atoms. The molecular formula is C25H21FN4O2. The van der Waals surface area contributed by atoms with Crippen LogP contribution >= 0.6 is 0 Å². The zero-order chi connectivity index (χ0) is 22.3. The maximum atomic E-state index is 13.5. The van der Waals surface area contributed by atoms with Crippen LogP contribution in [0.5, 0.6) is 5.75 Å². The number of aromatic nitrogens is 2. The van der Waals surface area contributed by atoms with Crippen molar-refractivity contribution in [3.05, 3.63) is 102 Å². The molecule has 4 rings (SSSR count). The molecule has 0 fully saturated rings. The smallest absolute Gasteiger partial charge is 0.251 e. The van der Waals surface area contributed by atoms with Gasteiger partial charge in [0.05, 0.1) is 7.11 Å². The van der Waals surface area contributed by atoms with Crippen LogP contribution < -0.4 is 15.4 Å². The Balaban J connectivity index is 1.43. The molecule has 2 N–H and O–H groups in total. The van der Waals surface area contributed by atoms with Gasteiger partial charge < -0.3 is 15.4 Å². The molecule has 0 saturated carbocycles. The summed E-state index contributed by atoms with van der Waals surface area (Å²) >= 11 is 0. The highest BCUT2D eigenvalue weighted by molar-refractivity contribution is 5.95. The first kappa shape index (κ1) is 21.0. The van der Waals surface area contributed by atoms with Crippen LogP contribution in [0.3, 0.4) is 0 Å². The first-order chi connectivity index (χ1) is 15.6. The highest BCUT2D eigenvalue weighted by atomic mass is 19.1. The van der Waals surface area contributed by atoms with Gasteiger partial charge in [-0.15, -0.1) is 0 Å². The second-order valence-corrected chi connectivity index (χ2v) is 7.01. The number of benzene rings is 3. The number of ether oxygens (including phenoxy) is 1. The summed E-state index contributed by atoms with van der Waals surface area (Å²) in [5, 5.41) is 6.08. The van der Waals surface area contributed by atoms with Crippen LogP contribution in [0.15, 0.2) is 85.1 Å². The SMILES string of the molecule is COc1ccc(CNC(=O)c2cccc(Nc3ccnc(-c4cccc(F)c4)n3)c2)cc1. The van der Waals surface area contributed by atoms with Crippen molar-refractivity contribution in [2.45, 2.75) is 6.54 Å². The van der Waals surface area contributed by atoms with E-state index in [0.717, 1.165) is 11.3 Å². The van der Waals surface area contributed by atoms with Crippen molar-refractivity contribution in [2.24, 2.45) is 0 Å². The third kappa shape index (κ3) is 5.26. The number of hydrogen-bond acceptors (Lipinski definition) is 5. The first-order valence-corrected chi connectivity index (χ1v) is 9.98. The molecule has 0 saturated heterocycles. The van der Waals surface area contributed by atoms with E-state index in [1.165, 1.54) is 12.1 Å². The number of amides is 1. The zero-order valence-corrected chi connectivity index (χ0v) is 17.4. The number of methoxy groups -OCH3 is 1. The lowest BCUT2D eigenvalue weighted by atomic mass is 10.1. The summed E-state index contributed by atoms with van der Waals surface area (Å²) < 4.78 is 18.7. The molecule has 0 unspecified atom stereocenters. The van der Waals surface area contributed by atoms with Crippen LogP contribution in [0.4, 0.5) is 15.9 Å². The minimum absolute atomic E-state index is 0.187. The topological polar surface area (TPSA) is 76.1 Å². The molecule has 0 atom stereocenters. The summed E-state index contributed by atoms with van der Waals surface area (Å²) in [7, 11) is 1.61. The standard InChI is InChI=1S/C25H21FN4O2/c1-32-22-10-8-17(9-11-22)16-28-25(31)19-5-3-7-21(15-19)29-23-12-13-27-24(30-23)18-4-2-6-20(26)14-18/h2-15H,16H2,1H3,(H,28,31)(H,27,29,30). The number of nitrogens with zero attached hydrogens (tertiary/aromatic N) is 2. The third-order valence-corrected chi connectivity index (χ3v) is 4.75. The number of hydrogen-bond donors (Lipinski definition) is 2. The first-order valence-electron chi connectivity index (χ1n) is 9.98. The number of rotatable bonds is 7. The van der Waals surface area contributed by atoms with Gasteiger partial charge in [-0.3, -0.25) is 4.79 Å².